The Kier molecular flexibility index (Phi) is 3.58. The van der Waals surface area contributed by atoms with E-state index >= 15 is 0 Å². The van der Waals surface area contributed by atoms with Crippen molar-refractivity contribution in [2.45, 2.75) is 6.54 Å². The van der Waals surface area contributed by atoms with E-state index in [4.69, 9.17) is 4.74 Å². The molecule has 0 bridgehead atoms. The molecule has 0 aliphatic heterocycles. The summed E-state index contributed by atoms with van der Waals surface area (Å²) in [6.45, 7) is 0.414. The van der Waals surface area contributed by atoms with Gasteiger partial charge in [-0.1, -0.05) is 15.9 Å². The Bertz CT molecular complexity index is 581. The standard InChI is InChI=1S/C12H11BrN2O2/c1-17-10-4-5-11(13)9(7-10)8-15-12(16)3-2-6-14-15/h2-7H,8H2,1H3. The Morgan fingerprint density at radius 1 is 1.41 bits per heavy atom. The molecule has 88 valence electrons. The molecule has 1 heterocycles. The van der Waals surface area contributed by atoms with E-state index in [-0.39, 0.29) is 5.56 Å². The smallest absolute Gasteiger partial charge is 0.267 e. The van der Waals surface area contributed by atoms with Gasteiger partial charge in [0, 0.05) is 16.7 Å². The first-order valence-electron chi connectivity index (χ1n) is 5.05. The number of aromatic nitrogens is 2. The zero-order valence-electron chi connectivity index (χ0n) is 9.26. The number of ether oxygens (including phenoxy) is 1. The zero-order chi connectivity index (χ0) is 12.3. The van der Waals surface area contributed by atoms with E-state index in [1.54, 1.807) is 19.4 Å². The highest BCUT2D eigenvalue weighted by Gasteiger charge is 2.04. The number of nitrogens with zero attached hydrogens (tertiary/aromatic N) is 2. The molecule has 0 aliphatic rings. The second-order valence-corrected chi connectivity index (χ2v) is 4.33. The second-order valence-electron chi connectivity index (χ2n) is 3.48. The van der Waals surface area contributed by atoms with E-state index in [2.05, 4.69) is 21.0 Å². The van der Waals surface area contributed by atoms with E-state index in [0.29, 0.717) is 6.54 Å². The maximum absolute atomic E-state index is 11.5. The number of benzene rings is 1. The summed E-state index contributed by atoms with van der Waals surface area (Å²) in [5.41, 5.74) is 0.826. The minimum Gasteiger partial charge on any atom is -0.497 e. The zero-order valence-corrected chi connectivity index (χ0v) is 10.8. The van der Waals surface area contributed by atoms with Crippen molar-refractivity contribution in [2.75, 3.05) is 7.11 Å². The van der Waals surface area contributed by atoms with Crippen molar-refractivity contribution in [1.29, 1.82) is 0 Å². The van der Waals surface area contributed by atoms with Crippen LogP contribution < -0.4 is 10.3 Å². The maximum atomic E-state index is 11.5. The molecule has 0 saturated carbocycles. The molecule has 2 rings (SSSR count). The topological polar surface area (TPSA) is 44.1 Å². The first kappa shape index (κ1) is 11.9. The summed E-state index contributed by atoms with van der Waals surface area (Å²) < 4.78 is 7.48. The molecule has 0 N–H and O–H groups in total. The van der Waals surface area contributed by atoms with Crippen LogP contribution >= 0.6 is 15.9 Å². The predicted octanol–water partition coefficient (Wildman–Crippen LogP) is 2.06. The van der Waals surface area contributed by atoms with Crippen molar-refractivity contribution in [3.05, 3.63) is 56.9 Å². The molecular weight excluding hydrogens is 284 g/mol. The minimum absolute atomic E-state index is 0.123. The van der Waals surface area contributed by atoms with Crippen LogP contribution in [0.5, 0.6) is 5.75 Å². The fraction of sp³-hybridized carbons (Fsp3) is 0.167. The normalized spacial score (nSPS) is 10.2. The average Bonchev–Trinajstić information content (AvgIpc) is 2.35. The Morgan fingerprint density at radius 2 is 2.24 bits per heavy atom. The lowest BCUT2D eigenvalue weighted by Gasteiger charge is -2.08. The lowest BCUT2D eigenvalue weighted by atomic mass is 10.2. The Hall–Kier alpha value is -1.62. The molecule has 5 heteroatoms. The third-order valence-electron chi connectivity index (χ3n) is 2.36. The average molecular weight is 295 g/mol. The van der Waals surface area contributed by atoms with Crippen molar-refractivity contribution < 1.29 is 4.74 Å². The van der Waals surface area contributed by atoms with Crippen molar-refractivity contribution in [3.8, 4) is 5.75 Å². The van der Waals surface area contributed by atoms with Crippen LogP contribution in [0, 0.1) is 0 Å². The lowest BCUT2D eigenvalue weighted by Crippen LogP contribution is -2.21. The van der Waals surface area contributed by atoms with E-state index in [1.807, 2.05) is 18.2 Å². The van der Waals surface area contributed by atoms with Gasteiger partial charge >= 0.3 is 0 Å². The summed E-state index contributed by atoms with van der Waals surface area (Å²) in [4.78, 5) is 11.5. The summed E-state index contributed by atoms with van der Waals surface area (Å²) in [6.07, 6.45) is 1.59. The largest absolute Gasteiger partial charge is 0.497 e. The number of methoxy groups -OCH3 is 1. The van der Waals surface area contributed by atoms with Crippen molar-refractivity contribution >= 4 is 15.9 Å². The van der Waals surface area contributed by atoms with Gasteiger partial charge in [0.2, 0.25) is 0 Å². The third-order valence-corrected chi connectivity index (χ3v) is 3.13. The predicted molar refractivity (Wildman–Crippen MR) is 68.3 cm³/mol. The molecule has 1 aromatic heterocycles. The van der Waals surface area contributed by atoms with Gasteiger partial charge in [0.1, 0.15) is 5.75 Å². The van der Waals surface area contributed by atoms with E-state index in [0.717, 1.165) is 15.8 Å². The molecule has 0 saturated heterocycles. The van der Waals surface area contributed by atoms with Crippen molar-refractivity contribution in [1.82, 2.24) is 9.78 Å². The second kappa shape index (κ2) is 5.14. The summed E-state index contributed by atoms with van der Waals surface area (Å²) in [7, 11) is 1.61. The number of rotatable bonds is 3. The molecule has 0 radical (unpaired) electrons. The monoisotopic (exact) mass is 294 g/mol. The van der Waals surface area contributed by atoms with Gasteiger partial charge in [0.05, 0.1) is 13.7 Å². The van der Waals surface area contributed by atoms with Gasteiger partial charge in [0.25, 0.3) is 5.56 Å². The molecule has 0 amide bonds. The SMILES string of the molecule is COc1ccc(Br)c(Cn2ncccc2=O)c1. The van der Waals surface area contributed by atoms with E-state index in [1.165, 1.54) is 10.7 Å². The highest BCUT2D eigenvalue weighted by Crippen LogP contribution is 2.22. The van der Waals surface area contributed by atoms with Crippen LogP contribution in [-0.2, 0) is 6.54 Å². The fourth-order valence-electron chi connectivity index (χ4n) is 1.47. The Labute approximate surface area is 107 Å². The highest BCUT2D eigenvalue weighted by molar-refractivity contribution is 9.10. The molecule has 1 aromatic carbocycles. The maximum Gasteiger partial charge on any atom is 0.267 e. The summed E-state index contributed by atoms with van der Waals surface area (Å²) in [5.74, 6) is 0.757. The summed E-state index contributed by atoms with van der Waals surface area (Å²) in [5, 5.41) is 4.01. The van der Waals surface area contributed by atoms with Crippen LogP contribution in [0.15, 0.2) is 45.8 Å². The number of hydrogen-bond acceptors (Lipinski definition) is 3. The van der Waals surface area contributed by atoms with Crippen LogP contribution in [0.3, 0.4) is 0 Å². The third kappa shape index (κ3) is 2.74. The molecule has 17 heavy (non-hydrogen) atoms. The van der Waals surface area contributed by atoms with Gasteiger partial charge in [-0.2, -0.15) is 5.10 Å². The van der Waals surface area contributed by atoms with Crippen LogP contribution in [0.4, 0.5) is 0 Å². The molecule has 0 fully saturated rings. The molecule has 0 aliphatic carbocycles. The van der Waals surface area contributed by atoms with Gasteiger partial charge < -0.3 is 4.74 Å². The van der Waals surface area contributed by atoms with Crippen LogP contribution in [0.25, 0.3) is 0 Å². The van der Waals surface area contributed by atoms with Crippen LogP contribution in [0.2, 0.25) is 0 Å². The number of hydrogen-bond donors (Lipinski definition) is 0. The summed E-state index contributed by atoms with van der Waals surface area (Å²) >= 11 is 3.44. The lowest BCUT2D eigenvalue weighted by molar-refractivity contribution is 0.414. The fourth-order valence-corrected chi connectivity index (χ4v) is 1.84. The van der Waals surface area contributed by atoms with Gasteiger partial charge in [-0.05, 0) is 29.8 Å². The van der Waals surface area contributed by atoms with Crippen molar-refractivity contribution in [2.24, 2.45) is 0 Å². The Morgan fingerprint density at radius 3 is 2.94 bits per heavy atom. The molecule has 0 atom stereocenters. The molecule has 4 nitrogen and oxygen atoms in total. The summed E-state index contributed by atoms with van der Waals surface area (Å²) in [6, 6.07) is 8.74. The van der Waals surface area contributed by atoms with Gasteiger partial charge in [-0.3, -0.25) is 4.79 Å². The van der Waals surface area contributed by atoms with Gasteiger partial charge in [-0.15, -0.1) is 0 Å². The highest BCUT2D eigenvalue weighted by atomic mass is 79.9. The van der Waals surface area contributed by atoms with E-state index < -0.39 is 0 Å². The molecule has 0 unspecified atom stereocenters. The first-order chi connectivity index (χ1) is 8.20. The molecular formula is C12H11BrN2O2. The van der Waals surface area contributed by atoms with Gasteiger partial charge in [-0.25, -0.2) is 4.68 Å². The Balaban J connectivity index is 2.36. The molecule has 2 aromatic rings. The van der Waals surface area contributed by atoms with E-state index in [9.17, 15) is 4.79 Å². The first-order valence-corrected chi connectivity index (χ1v) is 5.84. The minimum atomic E-state index is -0.123. The number of halogens is 1. The van der Waals surface area contributed by atoms with Crippen molar-refractivity contribution in [3.63, 3.8) is 0 Å². The van der Waals surface area contributed by atoms with Crippen LogP contribution in [-0.4, -0.2) is 16.9 Å². The quantitative estimate of drug-likeness (QED) is 0.870. The molecule has 0 spiro atoms. The van der Waals surface area contributed by atoms with Crippen LogP contribution in [0.1, 0.15) is 5.56 Å². The van der Waals surface area contributed by atoms with Gasteiger partial charge in [0.15, 0.2) is 0 Å².